The van der Waals surface area contributed by atoms with Crippen LogP contribution in [-0.4, -0.2) is 23.4 Å². The summed E-state index contributed by atoms with van der Waals surface area (Å²) < 4.78 is 0. The molecule has 2 heteroatoms. The Hall–Kier alpha value is -0.530. The molecule has 0 N–H and O–H groups in total. The number of hydrogen-bond acceptors (Lipinski definition) is 1. The van der Waals surface area contributed by atoms with Crippen molar-refractivity contribution in [2.45, 2.75) is 40.2 Å². The first kappa shape index (κ1) is 8.57. The topological polar surface area (TPSA) is 20.3 Å². The van der Waals surface area contributed by atoms with E-state index in [1.165, 1.54) is 0 Å². The van der Waals surface area contributed by atoms with Gasteiger partial charge in [-0.1, -0.05) is 13.8 Å². The van der Waals surface area contributed by atoms with Crippen LogP contribution < -0.4 is 0 Å². The fourth-order valence-corrected chi connectivity index (χ4v) is 1.59. The molecule has 0 aromatic carbocycles. The maximum Gasteiger partial charge on any atom is 0.223 e. The van der Waals surface area contributed by atoms with Crippen LogP contribution in [0.1, 0.15) is 34.1 Å². The van der Waals surface area contributed by atoms with Gasteiger partial charge in [-0.25, -0.2) is 0 Å². The summed E-state index contributed by atoms with van der Waals surface area (Å²) >= 11 is 0. The van der Waals surface area contributed by atoms with Crippen molar-refractivity contribution in [3.63, 3.8) is 0 Å². The van der Waals surface area contributed by atoms with Crippen molar-refractivity contribution in [2.75, 3.05) is 6.54 Å². The van der Waals surface area contributed by atoms with Gasteiger partial charge in [-0.05, 0) is 19.3 Å². The van der Waals surface area contributed by atoms with E-state index in [4.69, 9.17) is 0 Å². The molecule has 1 aliphatic rings. The van der Waals surface area contributed by atoms with Gasteiger partial charge in [0.15, 0.2) is 0 Å². The molecule has 1 aliphatic heterocycles. The predicted octanol–water partition coefficient (Wildman–Crippen LogP) is 1.65. The maximum atomic E-state index is 11.4. The van der Waals surface area contributed by atoms with E-state index >= 15 is 0 Å². The lowest BCUT2D eigenvalue weighted by molar-refractivity contribution is -0.129. The molecule has 0 aliphatic carbocycles. The molecule has 64 valence electrons. The second-order valence-electron chi connectivity index (χ2n) is 4.46. The Labute approximate surface area is 68.6 Å². The van der Waals surface area contributed by atoms with Crippen LogP contribution in [0.25, 0.3) is 0 Å². The van der Waals surface area contributed by atoms with E-state index in [2.05, 4.69) is 27.7 Å². The van der Waals surface area contributed by atoms with Crippen LogP contribution in [0.15, 0.2) is 0 Å². The molecule has 0 saturated carbocycles. The van der Waals surface area contributed by atoms with Gasteiger partial charge in [0.05, 0.1) is 0 Å². The van der Waals surface area contributed by atoms with Gasteiger partial charge >= 0.3 is 0 Å². The van der Waals surface area contributed by atoms with Crippen molar-refractivity contribution in [1.29, 1.82) is 0 Å². The summed E-state index contributed by atoms with van der Waals surface area (Å²) in [5, 5.41) is 0. The van der Waals surface area contributed by atoms with Crippen LogP contribution >= 0.6 is 0 Å². The summed E-state index contributed by atoms with van der Waals surface area (Å²) in [5.74, 6) is 0.310. The highest BCUT2D eigenvalue weighted by Gasteiger charge is 2.36. The van der Waals surface area contributed by atoms with Crippen molar-refractivity contribution >= 4 is 5.91 Å². The molecule has 0 radical (unpaired) electrons. The summed E-state index contributed by atoms with van der Waals surface area (Å²) in [4.78, 5) is 13.3. The molecule has 0 aromatic heterocycles. The predicted molar refractivity (Wildman–Crippen MR) is 45.2 cm³/mol. The highest BCUT2D eigenvalue weighted by atomic mass is 16.2. The van der Waals surface area contributed by atoms with E-state index in [1.54, 1.807) is 0 Å². The van der Waals surface area contributed by atoms with Gasteiger partial charge < -0.3 is 4.90 Å². The van der Waals surface area contributed by atoms with Gasteiger partial charge in [0, 0.05) is 19.0 Å². The van der Waals surface area contributed by atoms with Crippen molar-refractivity contribution in [1.82, 2.24) is 4.90 Å². The van der Waals surface area contributed by atoms with Crippen LogP contribution in [0.5, 0.6) is 0 Å². The zero-order valence-corrected chi connectivity index (χ0v) is 7.85. The lowest BCUT2D eigenvalue weighted by atomic mass is 9.93. The monoisotopic (exact) mass is 155 g/mol. The lowest BCUT2D eigenvalue weighted by Crippen LogP contribution is -2.32. The Bertz CT molecular complexity index is 172. The molecule has 1 rings (SSSR count). The van der Waals surface area contributed by atoms with Crippen LogP contribution in [0, 0.1) is 5.41 Å². The van der Waals surface area contributed by atoms with Gasteiger partial charge in [-0.2, -0.15) is 0 Å². The molecule has 1 amide bonds. The molecule has 0 spiro atoms. The SMILES string of the molecule is CC(C)N1CC(C)(C)CC1=O. The number of hydrogen-bond donors (Lipinski definition) is 0. The Balaban J connectivity index is 2.67. The minimum atomic E-state index is 0.196. The number of nitrogens with zero attached hydrogens (tertiary/aromatic N) is 1. The molecular formula is C9H17NO. The molecular weight excluding hydrogens is 138 g/mol. The van der Waals surface area contributed by atoms with Crippen molar-refractivity contribution < 1.29 is 4.79 Å². The second kappa shape index (κ2) is 2.50. The van der Waals surface area contributed by atoms with Gasteiger partial charge in [0.25, 0.3) is 0 Å². The smallest absolute Gasteiger partial charge is 0.223 e. The first-order valence-electron chi connectivity index (χ1n) is 4.22. The molecule has 2 nitrogen and oxygen atoms in total. The second-order valence-corrected chi connectivity index (χ2v) is 4.46. The van der Waals surface area contributed by atoms with Crippen molar-refractivity contribution in [2.24, 2.45) is 5.41 Å². The third-order valence-corrected chi connectivity index (χ3v) is 2.17. The molecule has 0 unspecified atom stereocenters. The van der Waals surface area contributed by atoms with E-state index in [0.717, 1.165) is 6.54 Å². The number of likely N-dealkylation sites (tertiary alicyclic amines) is 1. The quantitative estimate of drug-likeness (QED) is 0.564. The molecule has 0 atom stereocenters. The highest BCUT2D eigenvalue weighted by molar-refractivity contribution is 5.79. The minimum Gasteiger partial charge on any atom is -0.340 e. The summed E-state index contributed by atoms with van der Waals surface area (Å²) in [6.07, 6.45) is 0.713. The van der Waals surface area contributed by atoms with Gasteiger partial charge in [-0.15, -0.1) is 0 Å². The average Bonchev–Trinajstić information content (AvgIpc) is 2.05. The first-order valence-corrected chi connectivity index (χ1v) is 4.22. The van der Waals surface area contributed by atoms with E-state index < -0.39 is 0 Å². The maximum absolute atomic E-state index is 11.4. The van der Waals surface area contributed by atoms with E-state index in [0.29, 0.717) is 18.4 Å². The normalized spacial score (nSPS) is 23.4. The van der Waals surface area contributed by atoms with Crippen molar-refractivity contribution in [3.05, 3.63) is 0 Å². The number of carbonyl (C=O) groups excluding carboxylic acids is 1. The first-order chi connectivity index (χ1) is 4.92. The Morgan fingerprint density at radius 2 is 2.00 bits per heavy atom. The fraction of sp³-hybridized carbons (Fsp3) is 0.889. The highest BCUT2D eigenvalue weighted by Crippen LogP contribution is 2.30. The molecule has 1 heterocycles. The summed E-state index contributed by atoms with van der Waals surface area (Å²) in [5.41, 5.74) is 0.196. The molecule has 0 bridgehead atoms. The Morgan fingerprint density at radius 1 is 1.45 bits per heavy atom. The summed E-state index contributed by atoms with van der Waals surface area (Å²) in [7, 11) is 0. The van der Waals surface area contributed by atoms with E-state index in [9.17, 15) is 4.79 Å². The van der Waals surface area contributed by atoms with E-state index in [-0.39, 0.29) is 5.41 Å². The standard InChI is InChI=1S/C9H17NO/c1-7(2)10-6-9(3,4)5-8(10)11/h7H,5-6H2,1-4H3. The summed E-state index contributed by atoms with van der Waals surface area (Å²) in [6, 6.07) is 0.365. The number of rotatable bonds is 1. The minimum absolute atomic E-state index is 0.196. The average molecular weight is 155 g/mol. The van der Waals surface area contributed by atoms with Crippen LogP contribution in [0.4, 0.5) is 0 Å². The third-order valence-electron chi connectivity index (χ3n) is 2.17. The van der Waals surface area contributed by atoms with Crippen LogP contribution in [0.2, 0.25) is 0 Å². The van der Waals surface area contributed by atoms with Gasteiger partial charge in [0.1, 0.15) is 0 Å². The fourth-order valence-electron chi connectivity index (χ4n) is 1.59. The van der Waals surface area contributed by atoms with E-state index in [1.807, 2.05) is 4.90 Å². The number of amides is 1. The molecule has 11 heavy (non-hydrogen) atoms. The Kier molecular flexibility index (Phi) is 1.95. The van der Waals surface area contributed by atoms with Crippen molar-refractivity contribution in [3.8, 4) is 0 Å². The van der Waals surface area contributed by atoms with Crippen LogP contribution in [-0.2, 0) is 4.79 Å². The molecule has 0 aromatic rings. The van der Waals surface area contributed by atoms with Gasteiger partial charge in [-0.3, -0.25) is 4.79 Å². The van der Waals surface area contributed by atoms with Crippen LogP contribution in [0.3, 0.4) is 0 Å². The number of carbonyl (C=O) groups is 1. The largest absolute Gasteiger partial charge is 0.340 e. The van der Waals surface area contributed by atoms with Gasteiger partial charge in [0.2, 0.25) is 5.91 Å². The molecule has 1 saturated heterocycles. The zero-order valence-electron chi connectivity index (χ0n) is 7.85. The lowest BCUT2D eigenvalue weighted by Gasteiger charge is -2.23. The summed E-state index contributed by atoms with van der Waals surface area (Å²) in [6.45, 7) is 9.35. The Morgan fingerprint density at radius 3 is 2.18 bits per heavy atom. The molecule has 1 fully saturated rings. The zero-order chi connectivity index (χ0) is 8.65. The third kappa shape index (κ3) is 1.73.